The van der Waals surface area contributed by atoms with Crippen LogP contribution in [0.25, 0.3) is 0 Å². The first-order valence-electron chi connectivity index (χ1n) is 11.3. The third-order valence-electron chi connectivity index (χ3n) is 6.10. The zero-order valence-electron chi connectivity index (χ0n) is 19.6. The predicted octanol–water partition coefficient (Wildman–Crippen LogP) is 1.13. The molecule has 1 aliphatic rings. The molecule has 1 aromatic carbocycles. The number of urea groups is 1. The molecular weight excluding hydrogens is 440 g/mol. The average Bonchev–Trinajstić information content (AvgIpc) is 3.07. The normalized spacial score (nSPS) is 17.7. The van der Waals surface area contributed by atoms with Crippen molar-refractivity contribution in [2.75, 3.05) is 23.7 Å². The summed E-state index contributed by atoms with van der Waals surface area (Å²) < 4.78 is 1.21. The second-order valence-corrected chi connectivity index (χ2v) is 8.08. The number of rotatable bonds is 9. The fraction of sp³-hybridized carbons (Fsp3) is 0.435. The molecule has 34 heavy (non-hydrogen) atoms. The van der Waals surface area contributed by atoms with Gasteiger partial charge in [0.25, 0.3) is 11.5 Å². The first-order valence-corrected chi connectivity index (χ1v) is 11.3. The Hall–Kier alpha value is -3.89. The fourth-order valence-corrected chi connectivity index (χ4v) is 4.19. The molecule has 4 N–H and O–H groups in total. The van der Waals surface area contributed by atoms with Gasteiger partial charge in [-0.25, -0.2) is 9.59 Å². The Morgan fingerprint density at radius 2 is 1.76 bits per heavy atom. The molecule has 4 amide bonds. The first kappa shape index (κ1) is 24.7. The number of aromatic amines is 1. The van der Waals surface area contributed by atoms with Crippen molar-refractivity contribution in [2.24, 2.45) is 0 Å². The molecule has 1 aromatic heterocycles. The summed E-state index contributed by atoms with van der Waals surface area (Å²) in [6.07, 6.45) is 1.74. The van der Waals surface area contributed by atoms with Gasteiger partial charge in [0.1, 0.15) is 17.9 Å². The van der Waals surface area contributed by atoms with Crippen LogP contribution in [0.4, 0.5) is 16.3 Å². The van der Waals surface area contributed by atoms with Crippen LogP contribution < -0.4 is 27.2 Å². The van der Waals surface area contributed by atoms with E-state index in [0.717, 1.165) is 16.2 Å². The molecule has 1 aliphatic heterocycles. The number of likely N-dealkylation sites (N-methyl/N-ethyl adjacent to an activating group) is 1. The van der Waals surface area contributed by atoms with Crippen LogP contribution in [0.3, 0.4) is 0 Å². The summed E-state index contributed by atoms with van der Waals surface area (Å²) >= 11 is 0. The third-order valence-corrected chi connectivity index (χ3v) is 6.10. The Morgan fingerprint density at radius 3 is 2.35 bits per heavy atom. The molecular formula is C23H30N6O5. The van der Waals surface area contributed by atoms with Crippen LogP contribution in [0.1, 0.15) is 45.6 Å². The second-order valence-electron chi connectivity index (χ2n) is 8.08. The molecule has 11 nitrogen and oxygen atoms in total. The summed E-state index contributed by atoms with van der Waals surface area (Å²) in [5.41, 5.74) is 3.82. The Bertz CT molecular complexity index is 1200. The van der Waals surface area contributed by atoms with Gasteiger partial charge in [0, 0.05) is 13.1 Å². The minimum Gasteiger partial charge on any atom is -0.383 e. The highest BCUT2D eigenvalue weighted by atomic mass is 16.2. The lowest BCUT2D eigenvalue weighted by molar-refractivity contribution is -0.134. The van der Waals surface area contributed by atoms with Gasteiger partial charge in [-0.05, 0) is 25.3 Å². The van der Waals surface area contributed by atoms with E-state index in [9.17, 15) is 24.0 Å². The first-order chi connectivity index (χ1) is 16.2. The molecule has 0 bridgehead atoms. The Kier molecular flexibility index (Phi) is 7.23. The number of nitrogens with zero attached hydrogens (tertiary/aromatic N) is 3. The van der Waals surface area contributed by atoms with Crippen molar-refractivity contribution in [1.29, 1.82) is 0 Å². The monoisotopic (exact) mass is 470 g/mol. The highest BCUT2D eigenvalue weighted by molar-refractivity contribution is 6.11. The summed E-state index contributed by atoms with van der Waals surface area (Å²) in [5, 5.41) is 2.73. The molecule has 1 saturated heterocycles. The molecule has 0 radical (unpaired) electrons. The number of amides is 4. The largest absolute Gasteiger partial charge is 0.383 e. The van der Waals surface area contributed by atoms with Gasteiger partial charge in [-0.3, -0.25) is 28.8 Å². The number of carbonyl (C=O) groups excluding carboxylic acids is 3. The van der Waals surface area contributed by atoms with Crippen molar-refractivity contribution in [2.45, 2.75) is 52.1 Å². The highest BCUT2D eigenvalue weighted by Crippen LogP contribution is 2.32. The predicted molar refractivity (Wildman–Crippen MR) is 127 cm³/mol. The van der Waals surface area contributed by atoms with Gasteiger partial charge < -0.3 is 16.0 Å². The number of nitrogens with two attached hydrogens (primary N) is 1. The number of carbonyl (C=O) groups is 3. The van der Waals surface area contributed by atoms with E-state index in [1.807, 2.05) is 6.92 Å². The van der Waals surface area contributed by atoms with Crippen LogP contribution in [0.15, 0.2) is 39.9 Å². The van der Waals surface area contributed by atoms with Crippen molar-refractivity contribution in [3.05, 3.63) is 56.7 Å². The summed E-state index contributed by atoms with van der Waals surface area (Å²) in [6.45, 7) is 5.08. The van der Waals surface area contributed by atoms with Gasteiger partial charge in [0.15, 0.2) is 5.69 Å². The number of unbranched alkanes of at least 4 members (excludes halogenated alkanes) is 1. The Morgan fingerprint density at radius 1 is 1.09 bits per heavy atom. The third kappa shape index (κ3) is 4.20. The molecule has 1 fully saturated rings. The SMILES string of the molecule is CCCCn1c(N)c(N(CC)C(=O)CN2C(=O)NC(CC)(c3ccccc3)C2=O)c(=O)[nH]c1=O. The number of nitrogens with one attached hydrogen (secondary N) is 2. The second kappa shape index (κ2) is 9.94. The van der Waals surface area contributed by atoms with E-state index in [4.69, 9.17) is 5.73 Å². The van der Waals surface area contributed by atoms with E-state index in [1.165, 1.54) is 4.57 Å². The number of nitrogen functional groups attached to an aromatic ring is 1. The van der Waals surface area contributed by atoms with Crippen LogP contribution >= 0.6 is 0 Å². The van der Waals surface area contributed by atoms with Gasteiger partial charge in [0.05, 0.1) is 0 Å². The van der Waals surface area contributed by atoms with Crippen LogP contribution in [-0.4, -0.2) is 45.4 Å². The number of aromatic nitrogens is 2. The molecule has 3 rings (SSSR count). The molecule has 1 atom stereocenters. The standard InChI is InChI=1S/C23H30N6O5/c1-4-7-13-28-18(24)17(19(31)25-21(28)33)27(6-3)16(30)14-29-20(32)23(5-2,26-22(29)34)15-11-9-8-10-12-15/h8-12H,4-7,13-14,24H2,1-3H3,(H,26,34)(H,25,31,33). The summed E-state index contributed by atoms with van der Waals surface area (Å²) in [7, 11) is 0. The van der Waals surface area contributed by atoms with Gasteiger partial charge in [-0.1, -0.05) is 50.6 Å². The van der Waals surface area contributed by atoms with E-state index < -0.39 is 41.2 Å². The van der Waals surface area contributed by atoms with Gasteiger partial charge in [-0.2, -0.15) is 0 Å². The average molecular weight is 471 g/mol. The molecule has 0 spiro atoms. The molecule has 0 aliphatic carbocycles. The molecule has 0 saturated carbocycles. The summed E-state index contributed by atoms with van der Waals surface area (Å²) in [6, 6.07) is 8.12. The molecule has 11 heteroatoms. The van der Waals surface area contributed by atoms with Crippen LogP contribution in [0.5, 0.6) is 0 Å². The van der Waals surface area contributed by atoms with E-state index >= 15 is 0 Å². The van der Waals surface area contributed by atoms with Crippen molar-refractivity contribution >= 4 is 29.4 Å². The van der Waals surface area contributed by atoms with Crippen LogP contribution in [0, 0.1) is 0 Å². The van der Waals surface area contributed by atoms with Crippen molar-refractivity contribution in [1.82, 2.24) is 19.8 Å². The molecule has 1 unspecified atom stereocenters. The van der Waals surface area contributed by atoms with E-state index in [2.05, 4.69) is 10.3 Å². The molecule has 182 valence electrons. The number of H-pyrrole nitrogens is 1. The minimum absolute atomic E-state index is 0.0410. The van der Waals surface area contributed by atoms with Crippen LogP contribution in [0.2, 0.25) is 0 Å². The smallest absolute Gasteiger partial charge is 0.330 e. The number of anilines is 2. The number of imide groups is 1. The van der Waals surface area contributed by atoms with Gasteiger partial charge in [0.2, 0.25) is 5.91 Å². The zero-order valence-corrected chi connectivity index (χ0v) is 19.6. The minimum atomic E-state index is -1.28. The maximum absolute atomic E-state index is 13.3. The quantitative estimate of drug-likeness (QED) is 0.468. The van der Waals surface area contributed by atoms with Crippen molar-refractivity contribution in [3.63, 3.8) is 0 Å². The number of benzene rings is 1. The van der Waals surface area contributed by atoms with Crippen LogP contribution in [-0.2, 0) is 21.7 Å². The zero-order chi connectivity index (χ0) is 25.0. The highest BCUT2D eigenvalue weighted by Gasteiger charge is 2.51. The van der Waals surface area contributed by atoms with Gasteiger partial charge >= 0.3 is 11.7 Å². The van der Waals surface area contributed by atoms with E-state index in [0.29, 0.717) is 18.4 Å². The van der Waals surface area contributed by atoms with Gasteiger partial charge in [-0.15, -0.1) is 0 Å². The lowest BCUT2D eigenvalue weighted by Gasteiger charge is -2.27. The topological polar surface area (TPSA) is 151 Å². The fourth-order valence-electron chi connectivity index (χ4n) is 4.19. The Labute approximate surface area is 196 Å². The lowest BCUT2D eigenvalue weighted by atomic mass is 9.87. The number of hydrogen-bond donors (Lipinski definition) is 3. The Balaban J connectivity index is 1.93. The van der Waals surface area contributed by atoms with E-state index in [-0.39, 0.29) is 24.6 Å². The molecule has 2 heterocycles. The van der Waals surface area contributed by atoms with Crippen molar-refractivity contribution < 1.29 is 14.4 Å². The van der Waals surface area contributed by atoms with Crippen molar-refractivity contribution in [3.8, 4) is 0 Å². The molecule has 2 aromatic rings. The number of hydrogen-bond acceptors (Lipinski definition) is 6. The summed E-state index contributed by atoms with van der Waals surface area (Å²) in [4.78, 5) is 68.3. The summed E-state index contributed by atoms with van der Waals surface area (Å²) in [5.74, 6) is -1.36. The lowest BCUT2D eigenvalue weighted by Crippen LogP contribution is -2.47. The maximum Gasteiger partial charge on any atom is 0.330 e. The van der Waals surface area contributed by atoms with E-state index in [1.54, 1.807) is 44.2 Å². The maximum atomic E-state index is 13.3.